The SMILES string of the molecule is O=C(CCN1CCC(O)C(F)(F)C1)Nc1cccc(F)c1. The van der Waals surface area contributed by atoms with Crippen molar-refractivity contribution >= 4 is 11.6 Å². The van der Waals surface area contributed by atoms with Gasteiger partial charge in [0, 0.05) is 25.2 Å². The summed E-state index contributed by atoms with van der Waals surface area (Å²) in [5, 5.41) is 11.7. The predicted molar refractivity (Wildman–Crippen MR) is 71.7 cm³/mol. The minimum atomic E-state index is -3.14. The molecule has 4 nitrogen and oxygen atoms in total. The number of carbonyl (C=O) groups excluding carboxylic acids is 1. The highest BCUT2D eigenvalue weighted by atomic mass is 19.3. The molecule has 0 bridgehead atoms. The van der Waals surface area contributed by atoms with Crippen LogP contribution in [-0.4, -0.2) is 47.6 Å². The third-order valence-corrected chi connectivity index (χ3v) is 3.40. The molecule has 2 rings (SSSR count). The number of piperidine rings is 1. The maximum Gasteiger partial charge on any atom is 0.285 e. The topological polar surface area (TPSA) is 52.6 Å². The van der Waals surface area contributed by atoms with Crippen molar-refractivity contribution < 1.29 is 23.1 Å². The van der Waals surface area contributed by atoms with E-state index in [-0.39, 0.29) is 25.3 Å². The second kappa shape index (κ2) is 6.44. The maximum atomic E-state index is 13.3. The van der Waals surface area contributed by atoms with Gasteiger partial charge in [0.2, 0.25) is 5.91 Å². The van der Waals surface area contributed by atoms with Gasteiger partial charge in [-0.25, -0.2) is 13.2 Å². The van der Waals surface area contributed by atoms with E-state index in [0.29, 0.717) is 12.2 Å². The number of nitrogens with one attached hydrogen (secondary N) is 1. The van der Waals surface area contributed by atoms with Crippen LogP contribution in [0.25, 0.3) is 0 Å². The number of amides is 1. The van der Waals surface area contributed by atoms with Gasteiger partial charge in [-0.15, -0.1) is 0 Å². The summed E-state index contributed by atoms with van der Waals surface area (Å²) in [5.74, 6) is -3.97. The number of halogens is 3. The van der Waals surface area contributed by atoms with Crippen LogP contribution in [0, 0.1) is 5.82 Å². The summed E-state index contributed by atoms with van der Waals surface area (Å²) >= 11 is 0. The summed E-state index contributed by atoms with van der Waals surface area (Å²) in [6, 6.07) is 5.46. The Morgan fingerprint density at radius 3 is 2.90 bits per heavy atom. The zero-order valence-corrected chi connectivity index (χ0v) is 11.4. The first-order valence-corrected chi connectivity index (χ1v) is 6.70. The average molecular weight is 302 g/mol. The van der Waals surface area contributed by atoms with Crippen molar-refractivity contribution in [2.75, 3.05) is 25.0 Å². The first-order valence-electron chi connectivity index (χ1n) is 6.70. The van der Waals surface area contributed by atoms with Crippen LogP contribution < -0.4 is 5.32 Å². The van der Waals surface area contributed by atoms with E-state index < -0.39 is 24.4 Å². The summed E-state index contributed by atoms with van der Waals surface area (Å²) in [7, 11) is 0. The molecule has 7 heteroatoms. The lowest BCUT2D eigenvalue weighted by Crippen LogP contribution is -2.51. The summed E-state index contributed by atoms with van der Waals surface area (Å²) < 4.78 is 39.6. The molecule has 1 aliphatic rings. The molecule has 1 fully saturated rings. The zero-order chi connectivity index (χ0) is 15.5. The van der Waals surface area contributed by atoms with Crippen LogP contribution >= 0.6 is 0 Å². The minimum Gasteiger partial charge on any atom is -0.387 e. The number of hydrogen-bond acceptors (Lipinski definition) is 3. The number of rotatable bonds is 4. The maximum absolute atomic E-state index is 13.3. The fraction of sp³-hybridized carbons (Fsp3) is 0.500. The van der Waals surface area contributed by atoms with E-state index in [9.17, 15) is 18.0 Å². The van der Waals surface area contributed by atoms with Gasteiger partial charge in [0.25, 0.3) is 5.92 Å². The smallest absolute Gasteiger partial charge is 0.285 e. The van der Waals surface area contributed by atoms with E-state index in [1.54, 1.807) is 6.07 Å². The molecular formula is C14H17F3N2O2. The number of likely N-dealkylation sites (tertiary alicyclic amines) is 1. The molecule has 1 unspecified atom stereocenters. The molecule has 1 saturated heterocycles. The fourth-order valence-electron chi connectivity index (χ4n) is 2.24. The van der Waals surface area contributed by atoms with Crippen molar-refractivity contribution in [2.24, 2.45) is 0 Å². The molecule has 1 aliphatic heterocycles. The molecule has 116 valence electrons. The normalized spacial score (nSPS) is 22.0. The Labute approximate surface area is 120 Å². The van der Waals surface area contributed by atoms with Gasteiger partial charge in [-0.05, 0) is 24.6 Å². The van der Waals surface area contributed by atoms with Crippen LogP contribution in [0.5, 0.6) is 0 Å². The number of carbonyl (C=O) groups is 1. The molecule has 1 aromatic rings. The molecule has 1 atom stereocenters. The standard InChI is InChI=1S/C14H17F3N2O2/c15-10-2-1-3-11(8-10)18-13(21)5-7-19-6-4-12(20)14(16,17)9-19/h1-3,8,12,20H,4-7,9H2,(H,18,21). The van der Waals surface area contributed by atoms with Crippen LogP contribution in [0.15, 0.2) is 24.3 Å². The number of nitrogens with zero attached hydrogens (tertiary/aromatic N) is 1. The Bertz CT molecular complexity index is 511. The second-order valence-electron chi connectivity index (χ2n) is 5.15. The quantitative estimate of drug-likeness (QED) is 0.892. The molecule has 0 saturated carbocycles. The molecule has 0 aromatic heterocycles. The lowest BCUT2D eigenvalue weighted by Gasteiger charge is -2.35. The van der Waals surface area contributed by atoms with Crippen LogP contribution in [0.4, 0.5) is 18.9 Å². The number of anilines is 1. The van der Waals surface area contributed by atoms with Crippen molar-refractivity contribution in [1.29, 1.82) is 0 Å². The van der Waals surface area contributed by atoms with Gasteiger partial charge in [-0.3, -0.25) is 9.69 Å². The first kappa shape index (κ1) is 15.8. The van der Waals surface area contributed by atoms with Crippen molar-refractivity contribution in [3.8, 4) is 0 Å². The Hall–Kier alpha value is -1.60. The molecule has 2 N–H and O–H groups in total. The molecular weight excluding hydrogens is 285 g/mol. The van der Waals surface area contributed by atoms with Crippen LogP contribution in [0.3, 0.4) is 0 Å². The first-order chi connectivity index (χ1) is 9.87. The van der Waals surface area contributed by atoms with E-state index in [0.717, 1.165) is 0 Å². The minimum absolute atomic E-state index is 0.0154. The molecule has 21 heavy (non-hydrogen) atoms. The van der Waals surface area contributed by atoms with Gasteiger partial charge in [-0.2, -0.15) is 0 Å². The van der Waals surface area contributed by atoms with Crippen molar-refractivity contribution in [3.63, 3.8) is 0 Å². The average Bonchev–Trinajstić information content (AvgIpc) is 2.40. The van der Waals surface area contributed by atoms with Gasteiger partial charge >= 0.3 is 0 Å². The number of alkyl halides is 2. The van der Waals surface area contributed by atoms with E-state index >= 15 is 0 Å². The highest BCUT2D eigenvalue weighted by molar-refractivity contribution is 5.90. The summed E-state index contributed by atoms with van der Waals surface area (Å²) in [6.45, 7) is -0.0606. The fourth-order valence-corrected chi connectivity index (χ4v) is 2.24. The van der Waals surface area contributed by atoms with E-state index in [4.69, 9.17) is 5.11 Å². The number of aliphatic hydroxyl groups is 1. The molecule has 1 aromatic carbocycles. The molecule has 1 heterocycles. The van der Waals surface area contributed by atoms with Gasteiger partial charge < -0.3 is 10.4 Å². The van der Waals surface area contributed by atoms with Crippen LogP contribution in [0.2, 0.25) is 0 Å². The van der Waals surface area contributed by atoms with Gasteiger partial charge in [-0.1, -0.05) is 6.07 Å². The lowest BCUT2D eigenvalue weighted by molar-refractivity contribution is -0.150. The van der Waals surface area contributed by atoms with Gasteiger partial charge in [0.15, 0.2) is 0 Å². The van der Waals surface area contributed by atoms with E-state index in [1.165, 1.54) is 23.1 Å². The number of aliphatic hydroxyl groups excluding tert-OH is 1. The highest BCUT2D eigenvalue weighted by Crippen LogP contribution is 2.27. The molecule has 1 amide bonds. The van der Waals surface area contributed by atoms with Crippen molar-refractivity contribution in [1.82, 2.24) is 4.90 Å². The molecule has 0 radical (unpaired) electrons. The predicted octanol–water partition coefficient (Wildman–Crippen LogP) is 1.86. The van der Waals surface area contributed by atoms with Crippen molar-refractivity contribution in [2.45, 2.75) is 24.9 Å². The Morgan fingerprint density at radius 2 is 2.24 bits per heavy atom. The summed E-state index contributed by atoms with van der Waals surface area (Å²) in [4.78, 5) is 13.1. The van der Waals surface area contributed by atoms with Crippen molar-refractivity contribution in [3.05, 3.63) is 30.1 Å². The third-order valence-electron chi connectivity index (χ3n) is 3.40. The summed E-state index contributed by atoms with van der Waals surface area (Å²) in [6.07, 6.45) is -1.60. The molecule has 0 aliphatic carbocycles. The Morgan fingerprint density at radius 1 is 1.48 bits per heavy atom. The van der Waals surface area contributed by atoms with E-state index in [2.05, 4.69) is 5.32 Å². The largest absolute Gasteiger partial charge is 0.387 e. The van der Waals surface area contributed by atoms with Crippen LogP contribution in [0.1, 0.15) is 12.8 Å². The Balaban J connectivity index is 1.79. The number of hydrogen-bond donors (Lipinski definition) is 2. The van der Waals surface area contributed by atoms with Gasteiger partial charge in [0.1, 0.15) is 11.9 Å². The highest BCUT2D eigenvalue weighted by Gasteiger charge is 2.43. The van der Waals surface area contributed by atoms with Gasteiger partial charge in [0.05, 0.1) is 6.54 Å². The van der Waals surface area contributed by atoms with Crippen LogP contribution in [-0.2, 0) is 4.79 Å². The number of benzene rings is 1. The second-order valence-corrected chi connectivity index (χ2v) is 5.15. The monoisotopic (exact) mass is 302 g/mol. The molecule has 0 spiro atoms. The Kier molecular flexibility index (Phi) is 4.84. The summed E-state index contributed by atoms with van der Waals surface area (Å²) in [5.41, 5.74) is 0.333. The van der Waals surface area contributed by atoms with E-state index in [1.807, 2.05) is 0 Å². The third kappa shape index (κ3) is 4.44. The zero-order valence-electron chi connectivity index (χ0n) is 11.4. The lowest BCUT2D eigenvalue weighted by atomic mass is 10.0.